The molecule has 3 aromatic carbocycles. The summed E-state index contributed by atoms with van der Waals surface area (Å²) in [6.45, 7) is 1.82. The van der Waals surface area contributed by atoms with Gasteiger partial charge >= 0.3 is 0 Å². The number of halogens is 1. The Morgan fingerprint density at radius 1 is 1.04 bits per heavy atom. The van der Waals surface area contributed by atoms with Crippen molar-refractivity contribution in [3.63, 3.8) is 0 Å². The lowest BCUT2D eigenvalue weighted by atomic mass is 10.1. The zero-order chi connectivity index (χ0) is 19.7. The fraction of sp³-hybridized carbons (Fsp3) is 0.136. The highest BCUT2D eigenvalue weighted by Gasteiger charge is 2.14. The number of anilines is 1. The van der Waals surface area contributed by atoms with E-state index < -0.39 is 0 Å². The predicted octanol–water partition coefficient (Wildman–Crippen LogP) is 5.68. The van der Waals surface area contributed by atoms with Gasteiger partial charge in [0.25, 0.3) is 5.91 Å². The monoisotopic (exact) mass is 439 g/mol. The van der Waals surface area contributed by atoms with Gasteiger partial charge in [0.05, 0.1) is 12.8 Å². The third-order valence-corrected chi connectivity index (χ3v) is 4.96. The van der Waals surface area contributed by atoms with Crippen molar-refractivity contribution < 1.29 is 18.7 Å². The third-order valence-electron chi connectivity index (χ3n) is 4.47. The van der Waals surface area contributed by atoms with Crippen LogP contribution in [-0.2, 0) is 4.79 Å². The highest BCUT2D eigenvalue weighted by Crippen LogP contribution is 2.36. The van der Waals surface area contributed by atoms with Gasteiger partial charge < -0.3 is 19.2 Å². The molecule has 0 saturated heterocycles. The predicted molar refractivity (Wildman–Crippen MR) is 113 cm³/mol. The topological polar surface area (TPSA) is 60.7 Å². The molecule has 0 spiro atoms. The van der Waals surface area contributed by atoms with Gasteiger partial charge in [0.2, 0.25) is 0 Å². The Morgan fingerprint density at radius 3 is 2.64 bits per heavy atom. The lowest BCUT2D eigenvalue weighted by molar-refractivity contribution is -0.118. The standard InChI is InChI=1S/C22H18BrNO4/c1-13-9-14(23)7-8-18(13)27-12-22(25)24-17-11-20-16(10-21(17)26-2)15-5-3-4-6-19(15)28-20/h3-11H,12H2,1-2H3,(H,24,25). The molecule has 0 aliphatic heterocycles. The minimum absolute atomic E-state index is 0.107. The van der Waals surface area contributed by atoms with Crippen molar-refractivity contribution in [3.05, 3.63) is 64.6 Å². The molecule has 1 heterocycles. The van der Waals surface area contributed by atoms with Crippen molar-refractivity contribution in [1.82, 2.24) is 0 Å². The van der Waals surface area contributed by atoms with Gasteiger partial charge in [-0.15, -0.1) is 0 Å². The first kappa shape index (κ1) is 18.4. The molecule has 4 aromatic rings. The summed E-state index contributed by atoms with van der Waals surface area (Å²) in [4.78, 5) is 12.4. The van der Waals surface area contributed by atoms with E-state index in [1.807, 2.05) is 55.5 Å². The van der Waals surface area contributed by atoms with Crippen molar-refractivity contribution in [1.29, 1.82) is 0 Å². The number of benzene rings is 3. The molecule has 0 bridgehead atoms. The van der Waals surface area contributed by atoms with Crippen LogP contribution < -0.4 is 14.8 Å². The van der Waals surface area contributed by atoms with Crippen LogP contribution in [0.15, 0.2) is 63.5 Å². The molecule has 0 aliphatic carbocycles. The van der Waals surface area contributed by atoms with Crippen LogP contribution >= 0.6 is 15.9 Å². The summed E-state index contributed by atoms with van der Waals surface area (Å²) in [6, 6.07) is 17.1. The van der Waals surface area contributed by atoms with Crippen molar-refractivity contribution in [3.8, 4) is 11.5 Å². The largest absolute Gasteiger partial charge is 0.495 e. The van der Waals surface area contributed by atoms with Gasteiger partial charge in [0, 0.05) is 21.3 Å². The number of methoxy groups -OCH3 is 1. The quantitative estimate of drug-likeness (QED) is 0.434. The number of hydrogen-bond acceptors (Lipinski definition) is 4. The summed E-state index contributed by atoms with van der Waals surface area (Å²) in [5, 5.41) is 4.78. The summed E-state index contributed by atoms with van der Waals surface area (Å²) >= 11 is 3.41. The second kappa shape index (κ2) is 7.56. The van der Waals surface area contributed by atoms with Crippen LogP contribution in [0.2, 0.25) is 0 Å². The normalized spacial score (nSPS) is 11.0. The van der Waals surface area contributed by atoms with E-state index in [-0.39, 0.29) is 12.5 Å². The van der Waals surface area contributed by atoms with E-state index in [1.165, 1.54) is 0 Å². The Bertz CT molecular complexity index is 1180. The molecule has 0 aliphatic rings. The molecule has 5 nitrogen and oxygen atoms in total. The van der Waals surface area contributed by atoms with Gasteiger partial charge in [-0.3, -0.25) is 4.79 Å². The maximum Gasteiger partial charge on any atom is 0.262 e. The average Bonchev–Trinajstić information content (AvgIpc) is 3.04. The number of carbonyl (C=O) groups excluding carboxylic acids is 1. The summed E-state index contributed by atoms with van der Waals surface area (Å²) in [7, 11) is 1.57. The zero-order valence-corrected chi connectivity index (χ0v) is 17.0. The lowest BCUT2D eigenvalue weighted by Gasteiger charge is -2.12. The number of nitrogens with one attached hydrogen (secondary N) is 1. The summed E-state index contributed by atoms with van der Waals surface area (Å²) < 4.78 is 18.0. The minimum atomic E-state index is -0.281. The average molecular weight is 440 g/mol. The molecule has 1 N–H and O–H groups in total. The third kappa shape index (κ3) is 3.55. The molecular formula is C22H18BrNO4. The van der Waals surface area contributed by atoms with E-state index >= 15 is 0 Å². The molecule has 0 atom stereocenters. The lowest BCUT2D eigenvalue weighted by Crippen LogP contribution is -2.20. The number of carbonyl (C=O) groups is 1. The molecule has 1 aromatic heterocycles. The number of amides is 1. The Hall–Kier alpha value is -2.99. The van der Waals surface area contributed by atoms with E-state index in [2.05, 4.69) is 21.2 Å². The number of hydrogen-bond donors (Lipinski definition) is 1. The molecule has 4 rings (SSSR count). The number of ether oxygens (including phenoxy) is 2. The SMILES string of the molecule is COc1cc2c(cc1NC(=O)COc1ccc(Br)cc1C)oc1ccccc12. The highest BCUT2D eigenvalue weighted by atomic mass is 79.9. The number of furan rings is 1. The van der Waals surface area contributed by atoms with Crippen LogP contribution in [0.4, 0.5) is 5.69 Å². The molecule has 0 unspecified atom stereocenters. The second-order valence-electron chi connectivity index (χ2n) is 6.39. The number of para-hydroxylation sites is 1. The molecular weight excluding hydrogens is 422 g/mol. The van der Waals surface area contributed by atoms with Crippen molar-refractivity contribution in [2.45, 2.75) is 6.92 Å². The Balaban J connectivity index is 1.56. The van der Waals surface area contributed by atoms with Crippen molar-refractivity contribution in [2.24, 2.45) is 0 Å². The fourth-order valence-corrected chi connectivity index (χ4v) is 3.60. The smallest absolute Gasteiger partial charge is 0.262 e. The first-order chi connectivity index (χ1) is 13.5. The first-order valence-corrected chi connectivity index (χ1v) is 9.52. The first-order valence-electron chi connectivity index (χ1n) is 8.73. The van der Waals surface area contributed by atoms with Crippen LogP contribution in [0.5, 0.6) is 11.5 Å². The van der Waals surface area contributed by atoms with E-state index in [9.17, 15) is 4.79 Å². The maximum absolute atomic E-state index is 12.4. The zero-order valence-electron chi connectivity index (χ0n) is 15.4. The van der Waals surface area contributed by atoms with E-state index in [0.717, 1.165) is 26.4 Å². The summed E-state index contributed by atoms with van der Waals surface area (Å²) in [6.07, 6.45) is 0. The van der Waals surface area contributed by atoms with E-state index in [4.69, 9.17) is 13.9 Å². The van der Waals surface area contributed by atoms with Gasteiger partial charge in [-0.25, -0.2) is 0 Å². The molecule has 142 valence electrons. The molecule has 6 heteroatoms. The Morgan fingerprint density at radius 2 is 1.86 bits per heavy atom. The van der Waals surface area contributed by atoms with Crippen LogP contribution in [0.1, 0.15) is 5.56 Å². The molecule has 0 saturated carbocycles. The molecule has 28 heavy (non-hydrogen) atoms. The Kier molecular flexibility index (Phi) is 4.96. The van der Waals surface area contributed by atoms with Crippen molar-refractivity contribution >= 4 is 49.5 Å². The fourth-order valence-electron chi connectivity index (χ4n) is 3.12. The number of fused-ring (bicyclic) bond motifs is 3. The number of rotatable bonds is 5. The number of aryl methyl sites for hydroxylation is 1. The molecule has 0 fully saturated rings. The second-order valence-corrected chi connectivity index (χ2v) is 7.31. The van der Waals surface area contributed by atoms with E-state index in [0.29, 0.717) is 22.8 Å². The van der Waals surface area contributed by atoms with Gasteiger partial charge in [-0.05, 0) is 42.8 Å². The molecule has 1 amide bonds. The van der Waals surface area contributed by atoms with Crippen LogP contribution in [0.25, 0.3) is 21.9 Å². The van der Waals surface area contributed by atoms with Crippen LogP contribution in [0, 0.1) is 6.92 Å². The van der Waals surface area contributed by atoms with Crippen molar-refractivity contribution in [2.75, 3.05) is 19.0 Å². The van der Waals surface area contributed by atoms with Crippen LogP contribution in [-0.4, -0.2) is 19.6 Å². The summed E-state index contributed by atoms with van der Waals surface area (Å²) in [5.74, 6) is 0.946. The molecule has 0 radical (unpaired) electrons. The Labute approximate surface area is 170 Å². The van der Waals surface area contributed by atoms with Gasteiger partial charge in [0.1, 0.15) is 22.7 Å². The van der Waals surface area contributed by atoms with Crippen LogP contribution in [0.3, 0.4) is 0 Å². The maximum atomic E-state index is 12.4. The van der Waals surface area contributed by atoms with E-state index in [1.54, 1.807) is 13.2 Å². The van der Waals surface area contributed by atoms with Gasteiger partial charge in [0.15, 0.2) is 6.61 Å². The minimum Gasteiger partial charge on any atom is -0.495 e. The highest BCUT2D eigenvalue weighted by molar-refractivity contribution is 9.10. The van der Waals surface area contributed by atoms with Gasteiger partial charge in [-0.1, -0.05) is 34.1 Å². The summed E-state index contributed by atoms with van der Waals surface area (Å²) in [5.41, 5.74) is 2.96. The van der Waals surface area contributed by atoms with Gasteiger partial charge in [-0.2, -0.15) is 0 Å².